The van der Waals surface area contributed by atoms with Gasteiger partial charge in [0.05, 0.1) is 20.1 Å². The van der Waals surface area contributed by atoms with E-state index in [0.717, 1.165) is 5.92 Å². The smallest absolute Gasteiger partial charge is 0.331 e. The summed E-state index contributed by atoms with van der Waals surface area (Å²) >= 11 is 0. The summed E-state index contributed by atoms with van der Waals surface area (Å²) in [6.07, 6.45) is 3.51. The zero-order valence-corrected chi connectivity index (χ0v) is 10.7. The first-order valence-electron chi connectivity index (χ1n) is 5.78. The summed E-state index contributed by atoms with van der Waals surface area (Å²) in [7, 11) is 2.28. The molecule has 0 aromatic carbocycles. The summed E-state index contributed by atoms with van der Waals surface area (Å²) in [5.74, 6) is -1.45. The summed E-state index contributed by atoms with van der Waals surface area (Å²) < 4.78 is 0. The van der Waals surface area contributed by atoms with Crippen LogP contribution in [0.4, 0.5) is 0 Å². The molecular formula is C12H22NO4+. The maximum Gasteiger partial charge on any atom is 0.331 e. The quantitative estimate of drug-likeness (QED) is 0.599. The Bertz CT molecular complexity index is 281. The number of carbonyl (C=O) groups is 2. The van der Waals surface area contributed by atoms with Crippen molar-refractivity contribution in [3.63, 3.8) is 0 Å². The molecule has 1 aliphatic rings. The molecule has 1 fully saturated rings. The molecule has 17 heavy (non-hydrogen) atoms. The molecule has 1 aliphatic heterocycles. The van der Waals surface area contributed by atoms with E-state index in [0.29, 0.717) is 6.08 Å². The number of carboxylic acid groups (broad SMARTS) is 2. The van der Waals surface area contributed by atoms with Crippen LogP contribution in [0.15, 0.2) is 11.6 Å². The lowest BCUT2D eigenvalue weighted by Crippen LogP contribution is -3.10. The van der Waals surface area contributed by atoms with Gasteiger partial charge in [-0.2, -0.15) is 0 Å². The molecule has 1 heterocycles. The first-order chi connectivity index (χ1) is 7.82. The maximum absolute atomic E-state index is 9.90. The van der Waals surface area contributed by atoms with Crippen LogP contribution in [0.2, 0.25) is 0 Å². The lowest BCUT2D eigenvalue weighted by Gasteiger charge is -2.23. The number of rotatable bonds is 2. The number of aliphatic carboxylic acids is 2. The third-order valence-electron chi connectivity index (χ3n) is 2.81. The third kappa shape index (κ3) is 8.45. The van der Waals surface area contributed by atoms with Gasteiger partial charge in [-0.1, -0.05) is 6.92 Å². The molecular weight excluding hydrogens is 222 g/mol. The van der Waals surface area contributed by atoms with Crippen LogP contribution in [0.5, 0.6) is 0 Å². The molecule has 0 saturated carbocycles. The molecule has 0 bridgehead atoms. The summed E-state index contributed by atoms with van der Waals surface area (Å²) in [5, 5.41) is 16.1. The van der Waals surface area contributed by atoms with Crippen LogP contribution in [0.1, 0.15) is 26.7 Å². The van der Waals surface area contributed by atoms with Crippen LogP contribution in [-0.4, -0.2) is 42.3 Å². The Hall–Kier alpha value is -1.36. The molecule has 0 unspecified atom stereocenters. The number of hydrogen-bond acceptors (Lipinski definition) is 2. The third-order valence-corrected chi connectivity index (χ3v) is 2.81. The highest BCUT2D eigenvalue weighted by Gasteiger charge is 2.13. The highest BCUT2D eigenvalue weighted by molar-refractivity contribution is 5.93. The zero-order chi connectivity index (χ0) is 13.4. The fraction of sp³-hybridized carbons (Fsp3) is 0.667. The molecule has 3 N–H and O–H groups in total. The molecule has 5 heteroatoms. The van der Waals surface area contributed by atoms with E-state index in [1.165, 1.54) is 32.9 Å². The van der Waals surface area contributed by atoms with E-state index >= 15 is 0 Å². The minimum absolute atomic E-state index is 0.178. The van der Waals surface area contributed by atoms with Crippen LogP contribution < -0.4 is 4.90 Å². The van der Waals surface area contributed by atoms with Crippen molar-refractivity contribution >= 4 is 11.9 Å². The van der Waals surface area contributed by atoms with E-state index in [-0.39, 0.29) is 5.57 Å². The lowest BCUT2D eigenvalue weighted by molar-refractivity contribution is -0.885. The molecule has 0 atom stereocenters. The molecule has 98 valence electrons. The Balaban J connectivity index is 0.000000302. The predicted octanol–water partition coefficient (Wildman–Crippen LogP) is 0.0329. The second kappa shape index (κ2) is 7.84. The van der Waals surface area contributed by atoms with Gasteiger partial charge in [0.1, 0.15) is 0 Å². The van der Waals surface area contributed by atoms with Gasteiger partial charge in [-0.3, -0.25) is 0 Å². The van der Waals surface area contributed by atoms with Crippen molar-refractivity contribution in [1.82, 2.24) is 0 Å². The fourth-order valence-corrected chi connectivity index (χ4v) is 1.50. The Morgan fingerprint density at radius 2 is 1.71 bits per heavy atom. The first-order valence-corrected chi connectivity index (χ1v) is 5.78. The van der Waals surface area contributed by atoms with Crippen molar-refractivity contribution in [3.8, 4) is 0 Å². The Labute approximate surface area is 102 Å². The van der Waals surface area contributed by atoms with Gasteiger partial charge in [0, 0.05) is 11.6 Å². The van der Waals surface area contributed by atoms with Crippen LogP contribution in [0, 0.1) is 5.92 Å². The van der Waals surface area contributed by atoms with Gasteiger partial charge >= 0.3 is 11.9 Å². The van der Waals surface area contributed by atoms with Crippen LogP contribution in [-0.2, 0) is 9.59 Å². The first kappa shape index (κ1) is 15.6. The average molecular weight is 244 g/mol. The van der Waals surface area contributed by atoms with E-state index < -0.39 is 11.9 Å². The van der Waals surface area contributed by atoms with Gasteiger partial charge in [-0.05, 0) is 25.7 Å². The Morgan fingerprint density at radius 1 is 1.24 bits per heavy atom. The number of quaternary nitrogens is 1. The molecule has 0 spiro atoms. The van der Waals surface area contributed by atoms with E-state index in [1.54, 1.807) is 4.90 Å². The second-order valence-corrected chi connectivity index (χ2v) is 4.61. The number of nitrogens with one attached hydrogen (secondary N) is 1. The highest BCUT2D eigenvalue weighted by atomic mass is 16.4. The van der Waals surface area contributed by atoms with E-state index in [2.05, 4.69) is 14.0 Å². The monoisotopic (exact) mass is 244 g/mol. The lowest BCUT2D eigenvalue weighted by atomic mass is 10.00. The zero-order valence-electron chi connectivity index (χ0n) is 10.7. The van der Waals surface area contributed by atoms with E-state index in [4.69, 9.17) is 10.2 Å². The molecule has 0 aromatic heterocycles. The highest BCUT2D eigenvalue weighted by Crippen LogP contribution is 2.05. The summed E-state index contributed by atoms with van der Waals surface area (Å²) in [6.45, 7) is 6.35. The van der Waals surface area contributed by atoms with Gasteiger partial charge in [0.25, 0.3) is 0 Å². The van der Waals surface area contributed by atoms with Crippen LogP contribution in [0.3, 0.4) is 0 Å². The number of carboxylic acids is 2. The Kier molecular flexibility index (Phi) is 7.21. The number of piperidine rings is 1. The molecule has 1 saturated heterocycles. The minimum atomic E-state index is -1.24. The summed E-state index contributed by atoms with van der Waals surface area (Å²) in [5.41, 5.74) is -0.178. The van der Waals surface area contributed by atoms with Crippen molar-refractivity contribution in [1.29, 1.82) is 0 Å². The van der Waals surface area contributed by atoms with E-state index in [1.807, 2.05) is 0 Å². The van der Waals surface area contributed by atoms with Crippen molar-refractivity contribution in [2.45, 2.75) is 26.7 Å². The number of hydrogen-bond donors (Lipinski definition) is 3. The SMILES string of the molecule is C/C(=C\C(=O)O)C(=O)O.CC1CC[NH+](C)CC1. The van der Waals surface area contributed by atoms with Gasteiger partial charge in [-0.25, -0.2) is 9.59 Å². The van der Waals surface area contributed by atoms with Gasteiger partial charge in [0.2, 0.25) is 0 Å². The average Bonchev–Trinajstić information content (AvgIpc) is 2.22. The number of likely N-dealkylation sites (tertiary alicyclic amines) is 1. The Morgan fingerprint density at radius 3 is 1.94 bits per heavy atom. The largest absolute Gasteiger partial charge is 0.478 e. The van der Waals surface area contributed by atoms with Crippen molar-refractivity contribution in [2.24, 2.45) is 5.92 Å². The molecule has 0 radical (unpaired) electrons. The normalized spacial score (nSPS) is 24.5. The van der Waals surface area contributed by atoms with Gasteiger partial charge in [-0.15, -0.1) is 0 Å². The fourth-order valence-electron chi connectivity index (χ4n) is 1.50. The molecule has 0 amide bonds. The standard InChI is InChI=1S/C7H15N.C5H6O4/c1-7-3-5-8(2)6-4-7;1-3(5(8)9)2-4(6)7/h7H,3-6H2,1-2H3;2H,1H3,(H,6,7)(H,8,9)/p+1/b;3-2+. The van der Waals surface area contributed by atoms with Gasteiger partial charge < -0.3 is 15.1 Å². The topological polar surface area (TPSA) is 79.0 Å². The minimum Gasteiger partial charge on any atom is -0.478 e. The van der Waals surface area contributed by atoms with Crippen molar-refractivity contribution in [3.05, 3.63) is 11.6 Å². The van der Waals surface area contributed by atoms with Crippen LogP contribution >= 0.6 is 0 Å². The van der Waals surface area contributed by atoms with Crippen molar-refractivity contribution in [2.75, 3.05) is 20.1 Å². The summed E-state index contributed by atoms with van der Waals surface area (Å²) in [4.78, 5) is 21.4. The van der Waals surface area contributed by atoms with Crippen LogP contribution in [0.25, 0.3) is 0 Å². The van der Waals surface area contributed by atoms with Crippen molar-refractivity contribution < 1.29 is 24.7 Å². The predicted molar refractivity (Wildman–Crippen MR) is 64.0 cm³/mol. The molecule has 5 nitrogen and oxygen atoms in total. The second-order valence-electron chi connectivity index (χ2n) is 4.61. The molecule has 0 aromatic rings. The molecule has 1 rings (SSSR count). The summed E-state index contributed by atoms with van der Waals surface area (Å²) in [6, 6.07) is 0. The molecule has 0 aliphatic carbocycles. The maximum atomic E-state index is 9.90. The van der Waals surface area contributed by atoms with Gasteiger partial charge in [0.15, 0.2) is 0 Å². The van der Waals surface area contributed by atoms with E-state index in [9.17, 15) is 9.59 Å².